The van der Waals surface area contributed by atoms with Crippen LogP contribution in [0.2, 0.25) is 6.32 Å². The maximum absolute atomic E-state index is 11.6. The van der Waals surface area contributed by atoms with Crippen molar-refractivity contribution in [3.05, 3.63) is 29.6 Å². The smallest absolute Gasteiger partial charge is 0.451 e. The monoisotopic (exact) mass is 393 g/mol. The first-order chi connectivity index (χ1) is 13.3. The van der Waals surface area contributed by atoms with Gasteiger partial charge in [0.05, 0.1) is 6.54 Å². The fourth-order valence-corrected chi connectivity index (χ4v) is 2.92. The van der Waals surface area contributed by atoms with Gasteiger partial charge in [0, 0.05) is 13.1 Å². The molecule has 1 saturated heterocycles. The largest absolute Gasteiger partial charge is 0.507 e. The van der Waals surface area contributed by atoms with Crippen molar-refractivity contribution in [2.45, 2.75) is 31.6 Å². The highest BCUT2D eigenvalue weighted by atomic mass is 16.5. The average Bonchev–Trinajstić information content (AvgIpc) is 3.09. The van der Waals surface area contributed by atoms with E-state index in [1.807, 2.05) is 0 Å². The van der Waals surface area contributed by atoms with Crippen molar-refractivity contribution < 1.29 is 34.9 Å². The molecule has 0 saturated carbocycles. The molecule has 2 aromatic rings. The van der Waals surface area contributed by atoms with Crippen LogP contribution in [-0.4, -0.2) is 89.0 Å². The predicted octanol–water partition coefficient (Wildman–Crippen LogP) is -1.83. The van der Waals surface area contributed by atoms with Gasteiger partial charge >= 0.3 is 13.1 Å². The number of aromatic carboxylic acids is 1. The van der Waals surface area contributed by atoms with Crippen molar-refractivity contribution in [1.29, 1.82) is 0 Å². The topological polar surface area (TPSA) is 174 Å². The van der Waals surface area contributed by atoms with Crippen LogP contribution in [0, 0.1) is 0 Å². The molecule has 5 N–H and O–H groups in total. The first kappa shape index (κ1) is 20.0. The van der Waals surface area contributed by atoms with E-state index in [0.29, 0.717) is 13.1 Å². The highest BCUT2D eigenvalue weighted by Gasteiger charge is 2.34. The number of phenols is 1. The van der Waals surface area contributed by atoms with Gasteiger partial charge in [-0.25, -0.2) is 9.48 Å². The van der Waals surface area contributed by atoms with E-state index in [4.69, 9.17) is 14.8 Å². The van der Waals surface area contributed by atoms with E-state index in [2.05, 4.69) is 15.5 Å². The first-order valence-electron chi connectivity index (χ1n) is 8.59. The Morgan fingerprint density at radius 3 is 2.71 bits per heavy atom. The summed E-state index contributed by atoms with van der Waals surface area (Å²) in [6.07, 6.45) is 0.277. The van der Waals surface area contributed by atoms with Crippen LogP contribution in [0.1, 0.15) is 15.9 Å². The van der Waals surface area contributed by atoms with Gasteiger partial charge in [-0.2, -0.15) is 0 Å². The molecule has 1 aliphatic rings. The third-order valence-electron chi connectivity index (χ3n) is 4.44. The molecule has 1 unspecified atom stereocenters. The predicted molar refractivity (Wildman–Crippen MR) is 93.6 cm³/mol. The number of rotatable bonds is 9. The fourth-order valence-electron chi connectivity index (χ4n) is 2.92. The number of aromatic nitrogens is 4. The van der Waals surface area contributed by atoms with E-state index in [-0.39, 0.29) is 42.3 Å². The minimum atomic E-state index is -1.55. The highest BCUT2D eigenvalue weighted by molar-refractivity contribution is 6.41. The normalized spacial score (nSPS) is 15.8. The minimum Gasteiger partial charge on any atom is -0.507 e. The summed E-state index contributed by atoms with van der Waals surface area (Å²) in [7, 11) is -1.55. The lowest BCUT2D eigenvalue weighted by Gasteiger charge is -2.41. The van der Waals surface area contributed by atoms with Crippen LogP contribution in [0.4, 0.5) is 0 Å². The number of carboxylic acids is 1. The molecule has 1 aliphatic heterocycles. The number of aliphatic hydroxyl groups excluding tert-OH is 1. The Morgan fingerprint density at radius 2 is 2.11 bits per heavy atom. The molecule has 0 aliphatic carbocycles. The lowest BCUT2D eigenvalue weighted by atomic mass is 9.82. The summed E-state index contributed by atoms with van der Waals surface area (Å²) in [6.45, 7) is 0.912. The molecule has 1 atom stereocenters. The van der Waals surface area contributed by atoms with Crippen molar-refractivity contribution in [3.8, 4) is 11.5 Å². The maximum Gasteiger partial charge on any atom is 0.451 e. The number of likely N-dealkylation sites (tertiary alicyclic amines) is 1. The van der Waals surface area contributed by atoms with E-state index in [1.54, 1.807) is 4.90 Å². The van der Waals surface area contributed by atoms with Gasteiger partial charge in [0.15, 0.2) is 0 Å². The van der Waals surface area contributed by atoms with Crippen LogP contribution in [0.25, 0.3) is 0 Å². The number of nitrogens with zero attached hydrogens (tertiary/aromatic N) is 5. The van der Waals surface area contributed by atoms with E-state index in [0.717, 1.165) is 0 Å². The molecule has 0 amide bonds. The number of benzene rings is 1. The molecule has 1 aromatic carbocycles. The molecule has 2 heterocycles. The number of hydrogen-bond donors (Lipinski definition) is 5. The molecule has 3 rings (SSSR count). The Kier molecular flexibility index (Phi) is 6.09. The summed E-state index contributed by atoms with van der Waals surface area (Å²) < 4.78 is 7.07. The van der Waals surface area contributed by atoms with Gasteiger partial charge in [-0.15, -0.1) is 5.10 Å². The van der Waals surface area contributed by atoms with Gasteiger partial charge in [0.2, 0.25) is 0 Å². The van der Waals surface area contributed by atoms with Crippen molar-refractivity contribution in [2.75, 3.05) is 13.1 Å². The molecule has 1 aromatic heterocycles. The number of tetrazole rings is 1. The fraction of sp³-hybridized carbons (Fsp3) is 0.467. The van der Waals surface area contributed by atoms with Crippen LogP contribution in [-0.2, 0) is 13.0 Å². The summed E-state index contributed by atoms with van der Waals surface area (Å²) in [4.78, 5) is 13.3. The van der Waals surface area contributed by atoms with Crippen LogP contribution >= 0.6 is 0 Å². The lowest BCUT2D eigenvalue weighted by Crippen LogP contribution is -2.58. The van der Waals surface area contributed by atoms with Gasteiger partial charge in [-0.05, 0) is 34.8 Å². The third-order valence-corrected chi connectivity index (χ3v) is 4.44. The Morgan fingerprint density at radius 1 is 1.36 bits per heavy atom. The number of carbonyl (C=O) groups is 1. The Labute approximate surface area is 159 Å². The van der Waals surface area contributed by atoms with Gasteiger partial charge in [0.25, 0.3) is 0 Å². The molecular weight excluding hydrogens is 373 g/mol. The minimum absolute atomic E-state index is 0.0120. The third kappa shape index (κ3) is 4.56. The number of ether oxygens (including phenoxy) is 1. The zero-order chi connectivity index (χ0) is 20.3. The summed E-state index contributed by atoms with van der Waals surface area (Å²) in [5, 5.41) is 58.3. The molecule has 150 valence electrons. The van der Waals surface area contributed by atoms with E-state index >= 15 is 0 Å². The number of hydrogen-bond acceptors (Lipinski definition) is 10. The summed E-state index contributed by atoms with van der Waals surface area (Å²) in [5.74, 6) is -1.80. The van der Waals surface area contributed by atoms with Gasteiger partial charge in [0.1, 0.15) is 35.7 Å². The van der Waals surface area contributed by atoms with Gasteiger partial charge < -0.3 is 30.1 Å². The van der Waals surface area contributed by atoms with Crippen LogP contribution in [0.5, 0.6) is 11.5 Å². The second-order valence-corrected chi connectivity index (χ2v) is 6.48. The van der Waals surface area contributed by atoms with Crippen molar-refractivity contribution >= 4 is 13.1 Å². The number of aromatic hydroxyl groups is 1. The molecule has 12 nitrogen and oxygen atoms in total. The second kappa shape index (κ2) is 8.52. The molecule has 13 heteroatoms. The zero-order valence-electron chi connectivity index (χ0n) is 14.8. The summed E-state index contributed by atoms with van der Waals surface area (Å²) in [5.41, 5.74) is -0.0948. The van der Waals surface area contributed by atoms with Crippen LogP contribution in [0.15, 0.2) is 18.5 Å². The Bertz CT molecular complexity index is 813. The molecular formula is C15H20BN5O7. The molecule has 0 radical (unpaired) electrons. The van der Waals surface area contributed by atoms with Crippen molar-refractivity contribution in [1.82, 2.24) is 25.1 Å². The maximum atomic E-state index is 11.6. The Hall–Kier alpha value is -2.74. The molecule has 1 fully saturated rings. The van der Waals surface area contributed by atoms with Gasteiger partial charge in [-0.1, -0.05) is 6.07 Å². The zero-order valence-corrected chi connectivity index (χ0v) is 14.8. The molecule has 28 heavy (non-hydrogen) atoms. The molecule has 0 spiro atoms. The van der Waals surface area contributed by atoms with Crippen molar-refractivity contribution in [2.24, 2.45) is 0 Å². The van der Waals surface area contributed by atoms with E-state index < -0.39 is 25.1 Å². The van der Waals surface area contributed by atoms with Gasteiger partial charge in [-0.3, -0.25) is 4.90 Å². The summed E-state index contributed by atoms with van der Waals surface area (Å²) >= 11 is 0. The highest BCUT2D eigenvalue weighted by Crippen LogP contribution is 2.34. The van der Waals surface area contributed by atoms with E-state index in [9.17, 15) is 20.1 Å². The van der Waals surface area contributed by atoms with E-state index in [1.165, 1.54) is 23.1 Å². The summed E-state index contributed by atoms with van der Waals surface area (Å²) in [6, 6.07) is 2.92. The molecule has 0 bridgehead atoms. The van der Waals surface area contributed by atoms with Crippen molar-refractivity contribution in [3.63, 3.8) is 0 Å². The second-order valence-electron chi connectivity index (χ2n) is 6.48. The van der Waals surface area contributed by atoms with Crippen LogP contribution < -0.4 is 4.74 Å². The standard InChI is InChI=1S/C15H20BN5O7/c22-12(7-21-8-17-18-19-21)20-5-10(6-20)28-11-2-1-9(3-4-16(26)27)14(23)13(11)15(24)25/h1-2,8,10,12,22-23,26-27H,3-7H2,(H,24,25). The lowest BCUT2D eigenvalue weighted by molar-refractivity contribution is -0.0976. The SMILES string of the molecule is O=C(O)c1c(OC2CN(C(O)Cn3cnnn3)C2)ccc(CCB(O)O)c1O. The number of carboxylic acid groups (broad SMARTS) is 1. The number of aliphatic hydroxyl groups is 1. The first-order valence-corrected chi connectivity index (χ1v) is 8.59. The average molecular weight is 393 g/mol. The van der Waals surface area contributed by atoms with Crippen LogP contribution in [0.3, 0.4) is 0 Å². The quantitative estimate of drug-likeness (QED) is 0.303. The Balaban J connectivity index is 1.61. The number of aryl methyl sites for hydroxylation is 1.